The van der Waals surface area contributed by atoms with Crippen LogP contribution in [0.15, 0.2) is 18.2 Å². The van der Waals surface area contributed by atoms with Gasteiger partial charge < -0.3 is 15.0 Å². The Bertz CT molecular complexity index is 376. The van der Waals surface area contributed by atoms with Gasteiger partial charge in [-0.15, -0.1) is 0 Å². The standard InChI is InChI=1S/C14H21FN2O/c1-2-16-11-12-10-13(15)4-5-14(12)17-6-3-8-18-9-7-17/h4-5,10,16H,2-3,6-9,11H2,1H3. The van der Waals surface area contributed by atoms with E-state index < -0.39 is 0 Å². The topological polar surface area (TPSA) is 24.5 Å². The Morgan fingerprint density at radius 3 is 3.06 bits per heavy atom. The number of benzene rings is 1. The molecule has 100 valence electrons. The highest BCUT2D eigenvalue weighted by molar-refractivity contribution is 5.54. The third-order valence-corrected chi connectivity index (χ3v) is 3.17. The molecule has 0 spiro atoms. The van der Waals surface area contributed by atoms with Crippen molar-refractivity contribution in [2.75, 3.05) is 37.7 Å². The minimum absolute atomic E-state index is 0.169. The van der Waals surface area contributed by atoms with Gasteiger partial charge in [0.2, 0.25) is 0 Å². The molecule has 0 atom stereocenters. The minimum Gasteiger partial charge on any atom is -0.380 e. The Hall–Kier alpha value is -1.13. The Morgan fingerprint density at radius 2 is 2.22 bits per heavy atom. The second-order valence-electron chi connectivity index (χ2n) is 4.51. The molecule has 0 radical (unpaired) electrons. The summed E-state index contributed by atoms with van der Waals surface area (Å²) >= 11 is 0. The summed E-state index contributed by atoms with van der Waals surface area (Å²) in [4.78, 5) is 2.29. The number of hydrogen-bond donors (Lipinski definition) is 1. The molecule has 18 heavy (non-hydrogen) atoms. The smallest absolute Gasteiger partial charge is 0.123 e. The van der Waals surface area contributed by atoms with Crippen molar-refractivity contribution >= 4 is 5.69 Å². The first-order valence-electron chi connectivity index (χ1n) is 6.63. The molecule has 0 unspecified atom stereocenters. The van der Waals surface area contributed by atoms with Crippen molar-refractivity contribution in [1.82, 2.24) is 5.32 Å². The molecule has 1 aliphatic rings. The summed E-state index contributed by atoms with van der Waals surface area (Å²) in [6.45, 7) is 7.08. The van der Waals surface area contributed by atoms with E-state index in [0.717, 1.165) is 50.5 Å². The van der Waals surface area contributed by atoms with Crippen molar-refractivity contribution in [3.63, 3.8) is 0 Å². The number of anilines is 1. The fraction of sp³-hybridized carbons (Fsp3) is 0.571. The first-order valence-corrected chi connectivity index (χ1v) is 6.63. The van der Waals surface area contributed by atoms with Crippen molar-refractivity contribution in [2.45, 2.75) is 19.9 Å². The molecule has 2 rings (SSSR count). The predicted octanol–water partition coefficient (Wildman–Crippen LogP) is 2.16. The molecule has 0 aliphatic carbocycles. The van der Waals surface area contributed by atoms with Gasteiger partial charge in [-0.3, -0.25) is 0 Å². The molecule has 1 saturated heterocycles. The maximum Gasteiger partial charge on any atom is 0.123 e. The molecule has 1 fully saturated rings. The van der Waals surface area contributed by atoms with Gasteiger partial charge in [-0.25, -0.2) is 4.39 Å². The van der Waals surface area contributed by atoms with Crippen LogP contribution in [-0.4, -0.2) is 32.8 Å². The number of nitrogens with zero attached hydrogens (tertiary/aromatic N) is 1. The zero-order valence-corrected chi connectivity index (χ0v) is 10.9. The largest absolute Gasteiger partial charge is 0.380 e. The molecule has 0 amide bonds. The van der Waals surface area contributed by atoms with Crippen LogP contribution in [0.5, 0.6) is 0 Å². The molecule has 1 aromatic rings. The van der Waals surface area contributed by atoms with Crippen molar-refractivity contribution < 1.29 is 9.13 Å². The van der Waals surface area contributed by atoms with Crippen LogP contribution in [0, 0.1) is 5.82 Å². The van der Waals surface area contributed by atoms with E-state index in [4.69, 9.17) is 4.74 Å². The van der Waals surface area contributed by atoms with Gasteiger partial charge >= 0.3 is 0 Å². The van der Waals surface area contributed by atoms with Gasteiger partial charge in [0.05, 0.1) is 6.61 Å². The van der Waals surface area contributed by atoms with Crippen LogP contribution in [-0.2, 0) is 11.3 Å². The molecular weight excluding hydrogens is 231 g/mol. The number of ether oxygens (including phenoxy) is 1. The van der Waals surface area contributed by atoms with E-state index in [9.17, 15) is 4.39 Å². The van der Waals surface area contributed by atoms with Gasteiger partial charge in [0.15, 0.2) is 0 Å². The Balaban J connectivity index is 2.18. The maximum absolute atomic E-state index is 13.4. The van der Waals surface area contributed by atoms with Crippen molar-refractivity contribution in [1.29, 1.82) is 0 Å². The van der Waals surface area contributed by atoms with Crippen LogP contribution in [0.1, 0.15) is 18.9 Å². The molecule has 1 N–H and O–H groups in total. The molecule has 1 aromatic carbocycles. The SMILES string of the molecule is CCNCc1cc(F)ccc1N1CCCOCC1. The molecule has 1 heterocycles. The van der Waals surface area contributed by atoms with Crippen LogP contribution < -0.4 is 10.2 Å². The van der Waals surface area contributed by atoms with Crippen molar-refractivity contribution in [2.24, 2.45) is 0 Å². The lowest BCUT2D eigenvalue weighted by molar-refractivity contribution is 0.152. The predicted molar refractivity (Wildman–Crippen MR) is 71.4 cm³/mol. The average Bonchev–Trinajstić information content (AvgIpc) is 2.65. The molecule has 1 aliphatic heterocycles. The summed E-state index contributed by atoms with van der Waals surface area (Å²) in [6, 6.07) is 5.05. The fourth-order valence-electron chi connectivity index (χ4n) is 2.25. The fourth-order valence-corrected chi connectivity index (χ4v) is 2.25. The number of nitrogens with one attached hydrogen (secondary N) is 1. The zero-order chi connectivity index (χ0) is 12.8. The van der Waals surface area contributed by atoms with Gasteiger partial charge in [-0.2, -0.15) is 0 Å². The lowest BCUT2D eigenvalue weighted by atomic mass is 10.1. The van der Waals surface area contributed by atoms with Crippen molar-refractivity contribution in [3.05, 3.63) is 29.6 Å². The van der Waals surface area contributed by atoms with E-state index in [1.165, 1.54) is 6.07 Å². The summed E-state index contributed by atoms with van der Waals surface area (Å²) in [5.41, 5.74) is 2.15. The highest BCUT2D eigenvalue weighted by atomic mass is 19.1. The zero-order valence-electron chi connectivity index (χ0n) is 10.9. The van der Waals surface area contributed by atoms with Crippen molar-refractivity contribution in [3.8, 4) is 0 Å². The summed E-state index contributed by atoms with van der Waals surface area (Å²) in [6.07, 6.45) is 1.03. The highest BCUT2D eigenvalue weighted by Crippen LogP contribution is 2.22. The molecular formula is C14H21FN2O. The summed E-state index contributed by atoms with van der Waals surface area (Å²) < 4.78 is 18.8. The monoisotopic (exact) mass is 252 g/mol. The molecule has 3 nitrogen and oxygen atoms in total. The van der Waals surface area contributed by atoms with E-state index >= 15 is 0 Å². The highest BCUT2D eigenvalue weighted by Gasteiger charge is 2.14. The van der Waals surface area contributed by atoms with E-state index in [1.54, 1.807) is 6.07 Å². The molecule has 0 saturated carbocycles. The summed E-state index contributed by atoms with van der Waals surface area (Å²) in [7, 11) is 0. The number of halogens is 1. The Kier molecular flexibility index (Phi) is 4.96. The lowest BCUT2D eigenvalue weighted by Crippen LogP contribution is -2.28. The summed E-state index contributed by atoms with van der Waals surface area (Å²) in [5, 5.41) is 3.26. The van der Waals surface area contributed by atoms with Gasteiger partial charge in [-0.05, 0) is 36.7 Å². The van der Waals surface area contributed by atoms with Gasteiger partial charge in [0, 0.05) is 31.9 Å². The second-order valence-corrected chi connectivity index (χ2v) is 4.51. The summed E-state index contributed by atoms with van der Waals surface area (Å²) in [5.74, 6) is -0.169. The van der Waals surface area contributed by atoms with Crippen LogP contribution in [0.4, 0.5) is 10.1 Å². The molecule has 0 aromatic heterocycles. The van der Waals surface area contributed by atoms with E-state index in [2.05, 4.69) is 17.1 Å². The van der Waals surface area contributed by atoms with E-state index in [0.29, 0.717) is 6.54 Å². The van der Waals surface area contributed by atoms with Gasteiger partial charge in [-0.1, -0.05) is 6.92 Å². The average molecular weight is 252 g/mol. The third kappa shape index (κ3) is 3.43. The molecule has 4 heteroatoms. The van der Waals surface area contributed by atoms with Crippen LogP contribution >= 0.6 is 0 Å². The third-order valence-electron chi connectivity index (χ3n) is 3.17. The molecule has 0 bridgehead atoms. The first kappa shape index (κ1) is 13.3. The van der Waals surface area contributed by atoms with E-state index in [-0.39, 0.29) is 5.82 Å². The van der Waals surface area contributed by atoms with Gasteiger partial charge in [0.1, 0.15) is 5.82 Å². The number of hydrogen-bond acceptors (Lipinski definition) is 3. The Labute approximate surface area is 108 Å². The normalized spacial score (nSPS) is 16.7. The van der Waals surface area contributed by atoms with Crippen LogP contribution in [0.25, 0.3) is 0 Å². The second kappa shape index (κ2) is 6.71. The van der Waals surface area contributed by atoms with E-state index in [1.807, 2.05) is 6.07 Å². The van der Waals surface area contributed by atoms with Gasteiger partial charge in [0.25, 0.3) is 0 Å². The lowest BCUT2D eigenvalue weighted by Gasteiger charge is -2.25. The van der Waals surface area contributed by atoms with Crippen LogP contribution in [0.2, 0.25) is 0 Å². The first-order chi connectivity index (χ1) is 8.81. The maximum atomic E-state index is 13.4. The number of rotatable bonds is 4. The van der Waals surface area contributed by atoms with Crippen LogP contribution in [0.3, 0.4) is 0 Å². The minimum atomic E-state index is -0.169. The quantitative estimate of drug-likeness (QED) is 0.888. The Morgan fingerprint density at radius 1 is 1.33 bits per heavy atom.